The minimum atomic E-state index is -0.271. The first-order valence-electron chi connectivity index (χ1n) is 11.7. The summed E-state index contributed by atoms with van der Waals surface area (Å²) in [5, 5.41) is 13.4. The Labute approximate surface area is 196 Å². The lowest BCUT2D eigenvalue weighted by Gasteiger charge is -2.36. The van der Waals surface area contributed by atoms with E-state index in [1.165, 1.54) is 0 Å². The van der Waals surface area contributed by atoms with Gasteiger partial charge in [0.1, 0.15) is 18.1 Å². The molecule has 0 aliphatic carbocycles. The minimum absolute atomic E-state index is 0.000227. The van der Waals surface area contributed by atoms with Crippen molar-refractivity contribution in [3.8, 4) is 11.5 Å². The van der Waals surface area contributed by atoms with Crippen LogP contribution in [0.3, 0.4) is 0 Å². The molecule has 0 radical (unpaired) electrons. The number of rotatable bonds is 11. The van der Waals surface area contributed by atoms with Crippen LogP contribution in [-0.2, 0) is 16.0 Å². The number of nitroso groups, excluding NO2 is 1. The quantitative estimate of drug-likeness (QED) is 0.305. The average Bonchev–Trinajstić information content (AvgIpc) is 2.82. The molecular weight excluding hydrogens is 422 g/mol. The number of hydrogen-bond acceptors (Lipinski definition) is 7. The number of amides is 1. The fourth-order valence-electron chi connectivity index (χ4n) is 3.99. The molecule has 1 fully saturated rings. The number of morpholine rings is 1. The standard InChI is InChI=1S/C25H37N3O5/c1-6-8-21(22(26-5)13-17(3)14-27-31)25(30)28-11-12-32-15-19(28)16-33-23-10-9-18(4)24(29)20(23)7-2/h8-10,17,19,29H,6-7,11-16H2,1-5H3/b21-8+,26-22-/t17?,19-/m0/s1. The maximum atomic E-state index is 13.6. The van der Waals surface area contributed by atoms with E-state index in [1.54, 1.807) is 11.9 Å². The van der Waals surface area contributed by atoms with E-state index in [9.17, 15) is 14.8 Å². The Hall–Kier alpha value is -2.74. The Bertz CT molecular complexity index is 881. The second kappa shape index (κ2) is 13.1. The molecule has 1 aliphatic rings. The molecule has 0 aromatic heterocycles. The summed E-state index contributed by atoms with van der Waals surface area (Å²) in [7, 11) is 1.67. The highest BCUT2D eigenvalue weighted by atomic mass is 16.5. The van der Waals surface area contributed by atoms with E-state index < -0.39 is 0 Å². The van der Waals surface area contributed by atoms with Crippen LogP contribution in [-0.4, -0.2) is 67.6 Å². The molecule has 1 unspecified atom stereocenters. The first-order valence-corrected chi connectivity index (χ1v) is 11.7. The smallest absolute Gasteiger partial charge is 0.255 e. The van der Waals surface area contributed by atoms with E-state index >= 15 is 0 Å². The molecule has 8 heteroatoms. The zero-order valence-electron chi connectivity index (χ0n) is 20.5. The summed E-state index contributed by atoms with van der Waals surface area (Å²) >= 11 is 0. The van der Waals surface area contributed by atoms with Crippen LogP contribution in [0, 0.1) is 17.7 Å². The van der Waals surface area contributed by atoms with Gasteiger partial charge in [-0.1, -0.05) is 38.1 Å². The van der Waals surface area contributed by atoms with E-state index in [4.69, 9.17) is 9.47 Å². The van der Waals surface area contributed by atoms with Crippen molar-refractivity contribution in [2.45, 2.75) is 53.0 Å². The van der Waals surface area contributed by atoms with E-state index in [2.05, 4.69) is 10.2 Å². The highest BCUT2D eigenvalue weighted by Gasteiger charge is 2.31. The second-order valence-electron chi connectivity index (χ2n) is 8.42. The molecule has 0 saturated carbocycles. The second-order valence-corrected chi connectivity index (χ2v) is 8.42. The number of carbonyl (C=O) groups excluding carboxylic acids is 1. The zero-order valence-corrected chi connectivity index (χ0v) is 20.5. The summed E-state index contributed by atoms with van der Waals surface area (Å²) in [6.45, 7) is 9.45. The highest BCUT2D eigenvalue weighted by Crippen LogP contribution is 2.31. The molecule has 0 spiro atoms. The van der Waals surface area contributed by atoms with Gasteiger partial charge in [-0.15, -0.1) is 0 Å². The maximum absolute atomic E-state index is 13.6. The number of allylic oxidation sites excluding steroid dienone is 1. The molecule has 8 nitrogen and oxygen atoms in total. The van der Waals surface area contributed by atoms with Gasteiger partial charge in [0, 0.05) is 24.9 Å². The highest BCUT2D eigenvalue weighted by molar-refractivity contribution is 6.21. The molecule has 33 heavy (non-hydrogen) atoms. The van der Waals surface area contributed by atoms with Crippen LogP contribution in [0.1, 0.15) is 44.7 Å². The van der Waals surface area contributed by atoms with Gasteiger partial charge < -0.3 is 19.5 Å². The van der Waals surface area contributed by atoms with Crippen LogP contribution in [0.4, 0.5) is 0 Å². The van der Waals surface area contributed by atoms with Crippen molar-refractivity contribution in [1.29, 1.82) is 0 Å². The Morgan fingerprint density at radius 3 is 2.79 bits per heavy atom. The van der Waals surface area contributed by atoms with Crippen LogP contribution in [0.2, 0.25) is 0 Å². The third-order valence-corrected chi connectivity index (χ3v) is 5.86. The third kappa shape index (κ3) is 6.87. The number of ether oxygens (including phenoxy) is 2. The molecule has 2 atom stereocenters. The molecule has 1 saturated heterocycles. The number of phenols is 1. The average molecular weight is 460 g/mol. The van der Waals surface area contributed by atoms with Gasteiger partial charge in [0.25, 0.3) is 5.91 Å². The van der Waals surface area contributed by atoms with Gasteiger partial charge >= 0.3 is 0 Å². The molecule has 1 amide bonds. The third-order valence-electron chi connectivity index (χ3n) is 5.86. The van der Waals surface area contributed by atoms with Gasteiger partial charge in [-0.3, -0.25) is 9.79 Å². The first kappa shape index (κ1) is 26.5. The lowest BCUT2D eigenvalue weighted by Crippen LogP contribution is -2.52. The molecule has 182 valence electrons. The number of nitrogens with zero attached hydrogens (tertiary/aromatic N) is 3. The van der Waals surface area contributed by atoms with Gasteiger partial charge in [0.15, 0.2) is 0 Å². The monoisotopic (exact) mass is 459 g/mol. The number of benzene rings is 1. The Balaban J connectivity index is 2.22. The number of aliphatic imine (C=N–C) groups is 1. The Morgan fingerprint density at radius 1 is 1.39 bits per heavy atom. The minimum Gasteiger partial charge on any atom is -0.507 e. The summed E-state index contributed by atoms with van der Waals surface area (Å²) in [5.74, 6) is 0.760. The molecule has 1 aromatic rings. The maximum Gasteiger partial charge on any atom is 0.255 e. The number of carbonyl (C=O) groups is 1. The lowest BCUT2D eigenvalue weighted by molar-refractivity contribution is -0.136. The van der Waals surface area contributed by atoms with Crippen LogP contribution in [0.25, 0.3) is 0 Å². The van der Waals surface area contributed by atoms with E-state index in [-0.39, 0.29) is 36.8 Å². The number of aryl methyl sites for hydroxylation is 1. The molecule has 1 heterocycles. The normalized spacial score (nSPS) is 18.2. The van der Waals surface area contributed by atoms with Crippen molar-refractivity contribution in [2.75, 3.05) is 40.0 Å². The van der Waals surface area contributed by atoms with Crippen LogP contribution in [0.15, 0.2) is 34.0 Å². The molecule has 1 aromatic carbocycles. The van der Waals surface area contributed by atoms with Crippen molar-refractivity contribution in [3.05, 3.63) is 39.8 Å². The summed E-state index contributed by atoms with van der Waals surface area (Å²) in [6.07, 6.45) is 3.73. The molecule has 1 N–H and O–H groups in total. The zero-order chi connectivity index (χ0) is 24.4. The van der Waals surface area contributed by atoms with Gasteiger partial charge in [-0.25, -0.2) is 0 Å². The molecular formula is C25H37N3O5. The van der Waals surface area contributed by atoms with Crippen molar-refractivity contribution < 1.29 is 19.4 Å². The molecule has 2 rings (SSSR count). The SMILES string of the molecule is CC/C=C(C(=O)N1CCOC[C@H]1COc1ccc(C)c(O)c1CC)\C(CC(C)CN=O)=N/C. The fourth-order valence-corrected chi connectivity index (χ4v) is 3.99. The largest absolute Gasteiger partial charge is 0.507 e. The van der Waals surface area contributed by atoms with Gasteiger partial charge in [0.05, 0.1) is 31.4 Å². The first-order chi connectivity index (χ1) is 15.9. The van der Waals surface area contributed by atoms with Crippen molar-refractivity contribution in [2.24, 2.45) is 16.1 Å². The molecule has 0 bridgehead atoms. The van der Waals surface area contributed by atoms with E-state index in [0.29, 0.717) is 56.1 Å². The number of aromatic hydroxyl groups is 1. The summed E-state index contributed by atoms with van der Waals surface area (Å²) in [5.41, 5.74) is 2.80. The van der Waals surface area contributed by atoms with Crippen LogP contribution < -0.4 is 4.74 Å². The number of phenolic OH excluding ortho intramolecular Hbond substituents is 1. The Morgan fingerprint density at radius 2 is 2.15 bits per heavy atom. The van der Waals surface area contributed by atoms with E-state index in [0.717, 1.165) is 11.1 Å². The van der Waals surface area contributed by atoms with Gasteiger partial charge in [0.2, 0.25) is 0 Å². The summed E-state index contributed by atoms with van der Waals surface area (Å²) in [6, 6.07) is 3.41. The van der Waals surface area contributed by atoms with Crippen molar-refractivity contribution in [1.82, 2.24) is 4.90 Å². The predicted molar refractivity (Wildman–Crippen MR) is 130 cm³/mol. The fraction of sp³-hybridized carbons (Fsp3) is 0.600. The van der Waals surface area contributed by atoms with Crippen LogP contribution in [0.5, 0.6) is 11.5 Å². The van der Waals surface area contributed by atoms with Crippen molar-refractivity contribution >= 4 is 11.6 Å². The summed E-state index contributed by atoms with van der Waals surface area (Å²) < 4.78 is 11.7. The topological polar surface area (TPSA) is 101 Å². The molecule has 1 aliphatic heterocycles. The predicted octanol–water partition coefficient (Wildman–Crippen LogP) is 4.07. The van der Waals surface area contributed by atoms with Gasteiger partial charge in [-0.05, 0) is 43.7 Å². The van der Waals surface area contributed by atoms with E-state index in [1.807, 2.05) is 45.9 Å². The summed E-state index contributed by atoms with van der Waals surface area (Å²) in [4.78, 5) is 30.4. The Kier molecular flexibility index (Phi) is 10.5. The van der Waals surface area contributed by atoms with Crippen LogP contribution >= 0.6 is 0 Å². The van der Waals surface area contributed by atoms with Gasteiger partial charge in [-0.2, -0.15) is 4.91 Å². The number of hydrogen-bond donors (Lipinski definition) is 1. The van der Waals surface area contributed by atoms with Crippen molar-refractivity contribution in [3.63, 3.8) is 0 Å². The lowest BCUT2D eigenvalue weighted by atomic mass is 9.96.